The van der Waals surface area contributed by atoms with Gasteiger partial charge in [0, 0.05) is 56.5 Å². The molecule has 42 heavy (non-hydrogen) atoms. The number of ether oxygens (including phenoxy) is 1. The molecule has 11 heteroatoms. The van der Waals surface area contributed by atoms with E-state index < -0.39 is 16.1 Å². The number of amides is 2. The molecule has 0 saturated heterocycles. The zero-order chi connectivity index (χ0) is 29.6. The maximum Gasteiger partial charge on any atom is 0.303 e. The lowest BCUT2D eigenvalue weighted by molar-refractivity contribution is -0.126. The van der Waals surface area contributed by atoms with Crippen molar-refractivity contribution in [3.05, 3.63) is 70.0 Å². The van der Waals surface area contributed by atoms with Gasteiger partial charge in [0.25, 0.3) is 11.8 Å². The Morgan fingerprint density at radius 2 is 1.69 bits per heavy atom. The van der Waals surface area contributed by atoms with Crippen molar-refractivity contribution in [2.75, 3.05) is 51.8 Å². The second-order valence-corrected chi connectivity index (χ2v) is 13.6. The molecule has 0 spiro atoms. The first-order valence-electron chi connectivity index (χ1n) is 14.7. The van der Waals surface area contributed by atoms with Crippen LogP contribution in [0.15, 0.2) is 42.0 Å². The van der Waals surface area contributed by atoms with Crippen molar-refractivity contribution in [2.24, 2.45) is 5.92 Å². The molecule has 2 unspecified atom stereocenters. The van der Waals surface area contributed by atoms with Crippen LogP contribution in [0.25, 0.3) is 6.08 Å². The number of carbonyl (C=O) groups is 2. The van der Waals surface area contributed by atoms with Crippen LogP contribution in [0.4, 0.5) is 10.1 Å². The lowest BCUT2D eigenvalue weighted by Gasteiger charge is -2.36. The third kappa shape index (κ3) is 5.33. The number of hydrogen-bond donors (Lipinski definition) is 1. The van der Waals surface area contributed by atoms with Gasteiger partial charge in [-0.2, -0.15) is 12.7 Å². The van der Waals surface area contributed by atoms with Crippen LogP contribution in [0.3, 0.4) is 0 Å². The number of likely N-dealkylation sites (N-methyl/N-ethyl adjacent to an activating group) is 2. The fraction of sp³-hybridized carbons (Fsp3) is 0.484. The molecule has 1 aliphatic carbocycles. The van der Waals surface area contributed by atoms with E-state index in [0.29, 0.717) is 23.6 Å². The average Bonchev–Trinajstić information content (AvgIpc) is 3.18. The third-order valence-electron chi connectivity index (χ3n) is 9.21. The van der Waals surface area contributed by atoms with Crippen LogP contribution in [-0.2, 0) is 19.7 Å². The molecular formula is C31H37FN4O5S. The largest absolute Gasteiger partial charge is 0.378 e. The lowest BCUT2D eigenvalue weighted by Crippen LogP contribution is -2.42. The van der Waals surface area contributed by atoms with Crippen LogP contribution in [0.1, 0.15) is 71.1 Å². The molecule has 3 heterocycles. The summed E-state index contributed by atoms with van der Waals surface area (Å²) >= 11 is 0. The summed E-state index contributed by atoms with van der Waals surface area (Å²) in [7, 11) is -1.01. The van der Waals surface area contributed by atoms with E-state index in [4.69, 9.17) is 4.74 Å². The molecule has 1 saturated carbocycles. The van der Waals surface area contributed by atoms with Crippen molar-refractivity contribution in [1.29, 1.82) is 0 Å². The maximum absolute atomic E-state index is 14.6. The monoisotopic (exact) mass is 596 g/mol. The molecule has 9 nitrogen and oxygen atoms in total. The average molecular weight is 597 g/mol. The van der Waals surface area contributed by atoms with Gasteiger partial charge in [-0.25, -0.2) is 9.11 Å². The summed E-state index contributed by atoms with van der Waals surface area (Å²) in [5.41, 5.74) is 4.25. The Kier molecular flexibility index (Phi) is 7.84. The van der Waals surface area contributed by atoms with E-state index in [-0.39, 0.29) is 55.6 Å². The Bertz CT molecular complexity index is 1540. The van der Waals surface area contributed by atoms with Crippen molar-refractivity contribution >= 4 is 33.8 Å². The molecule has 2 aromatic rings. The Labute approximate surface area is 246 Å². The quantitative estimate of drug-likeness (QED) is 0.537. The summed E-state index contributed by atoms with van der Waals surface area (Å²) in [5.74, 6) is -0.812. The van der Waals surface area contributed by atoms with Crippen molar-refractivity contribution in [3.63, 3.8) is 0 Å². The molecule has 2 amide bonds. The molecule has 1 fully saturated rings. The predicted molar refractivity (Wildman–Crippen MR) is 158 cm³/mol. The number of nitrogens with one attached hydrogen (secondary N) is 1. The van der Waals surface area contributed by atoms with Crippen molar-refractivity contribution in [2.45, 2.75) is 44.1 Å². The molecular weight excluding hydrogens is 559 g/mol. The minimum absolute atomic E-state index is 0.0382. The van der Waals surface area contributed by atoms with Crippen molar-refractivity contribution in [3.8, 4) is 0 Å². The van der Waals surface area contributed by atoms with Gasteiger partial charge in [-0.15, -0.1) is 0 Å². The molecule has 0 radical (unpaired) electrons. The van der Waals surface area contributed by atoms with E-state index in [2.05, 4.69) is 9.62 Å². The first kappa shape index (κ1) is 28.8. The van der Waals surface area contributed by atoms with Crippen LogP contribution in [0.2, 0.25) is 0 Å². The Morgan fingerprint density at radius 3 is 2.48 bits per heavy atom. The minimum atomic E-state index is -4.10. The molecule has 0 aromatic heterocycles. The Balaban J connectivity index is 1.51. The number of fused-ring (bicyclic) bond motifs is 4. The zero-order valence-corrected chi connectivity index (χ0v) is 24.8. The molecule has 4 aliphatic rings. The topological polar surface area (TPSA) is 99.3 Å². The SMILES string of the molecule is CN1CCOCCN(C)S(=O)(=O)NC(=O)c2ccc3c(c2)N2CC(=Cc4cc(F)ccc4C2C3C2CCCCC2)C1=O. The van der Waals surface area contributed by atoms with E-state index in [0.717, 1.165) is 46.8 Å². The van der Waals surface area contributed by atoms with E-state index in [1.165, 1.54) is 25.6 Å². The van der Waals surface area contributed by atoms with Gasteiger partial charge in [-0.3, -0.25) is 9.59 Å². The van der Waals surface area contributed by atoms with Gasteiger partial charge >= 0.3 is 10.2 Å². The molecule has 4 bridgehead atoms. The molecule has 2 atom stereocenters. The smallest absolute Gasteiger partial charge is 0.303 e. The van der Waals surface area contributed by atoms with E-state index >= 15 is 0 Å². The number of anilines is 1. The number of rotatable bonds is 1. The first-order valence-corrected chi connectivity index (χ1v) is 16.1. The Morgan fingerprint density at radius 1 is 0.952 bits per heavy atom. The van der Waals surface area contributed by atoms with Gasteiger partial charge in [-0.1, -0.05) is 31.4 Å². The normalized spacial score (nSPS) is 25.5. The van der Waals surface area contributed by atoms with E-state index in [1.54, 1.807) is 30.2 Å². The molecule has 3 aliphatic heterocycles. The standard InChI is InChI=1S/C31H37FN4O5S/c1-34-12-14-41-15-13-35(2)42(39,40)33-30(37)21-8-10-26-27(18-21)36-19-23(31(34)38)16-22-17-24(32)9-11-25(22)29(36)28(26)20-6-4-3-5-7-20/h8-11,16-18,20,28-29H,3-7,12-15,19H2,1-2H3,(H,33,37). The third-order valence-corrected chi connectivity index (χ3v) is 10.7. The highest BCUT2D eigenvalue weighted by molar-refractivity contribution is 7.87. The van der Waals surface area contributed by atoms with Gasteiger partial charge in [0.15, 0.2) is 0 Å². The summed E-state index contributed by atoms with van der Waals surface area (Å²) in [5, 5.41) is 0. The van der Waals surface area contributed by atoms with Gasteiger partial charge < -0.3 is 14.5 Å². The van der Waals surface area contributed by atoms with Crippen LogP contribution in [0.5, 0.6) is 0 Å². The summed E-state index contributed by atoms with van der Waals surface area (Å²) in [6.45, 7) is 0.917. The highest BCUT2D eigenvalue weighted by Crippen LogP contribution is 2.56. The summed E-state index contributed by atoms with van der Waals surface area (Å²) in [6.07, 6.45) is 7.42. The second-order valence-electron chi connectivity index (χ2n) is 11.8. The first-order chi connectivity index (χ1) is 20.1. The molecule has 2 aromatic carbocycles. The number of carbonyl (C=O) groups excluding carboxylic acids is 2. The van der Waals surface area contributed by atoms with Gasteiger partial charge in [-0.05, 0) is 65.8 Å². The lowest BCUT2D eigenvalue weighted by atomic mass is 9.73. The van der Waals surface area contributed by atoms with Crippen molar-refractivity contribution < 1.29 is 27.1 Å². The van der Waals surface area contributed by atoms with Gasteiger partial charge in [0.05, 0.1) is 19.3 Å². The van der Waals surface area contributed by atoms with Crippen LogP contribution < -0.4 is 9.62 Å². The van der Waals surface area contributed by atoms with Gasteiger partial charge in [0.1, 0.15) is 5.82 Å². The number of nitrogens with zero attached hydrogens (tertiary/aromatic N) is 3. The highest BCUT2D eigenvalue weighted by atomic mass is 32.2. The summed E-state index contributed by atoms with van der Waals surface area (Å²) in [4.78, 5) is 30.8. The van der Waals surface area contributed by atoms with E-state index in [1.807, 2.05) is 12.1 Å². The summed E-state index contributed by atoms with van der Waals surface area (Å²) in [6, 6.07) is 10.0. The highest BCUT2D eigenvalue weighted by Gasteiger charge is 2.46. The van der Waals surface area contributed by atoms with Crippen LogP contribution >= 0.6 is 0 Å². The van der Waals surface area contributed by atoms with Crippen molar-refractivity contribution in [1.82, 2.24) is 13.9 Å². The van der Waals surface area contributed by atoms with Gasteiger partial charge in [0.2, 0.25) is 0 Å². The Hall–Kier alpha value is -3.28. The maximum atomic E-state index is 14.6. The minimum Gasteiger partial charge on any atom is -0.378 e. The predicted octanol–water partition coefficient (Wildman–Crippen LogP) is 3.84. The molecule has 6 rings (SSSR count). The number of halogens is 1. The fourth-order valence-corrected chi connectivity index (χ4v) is 7.81. The fourth-order valence-electron chi connectivity index (χ4n) is 6.98. The van der Waals surface area contributed by atoms with Crippen LogP contribution in [0, 0.1) is 11.7 Å². The van der Waals surface area contributed by atoms with Crippen LogP contribution in [-0.4, -0.2) is 76.4 Å². The molecule has 224 valence electrons. The number of benzene rings is 2. The molecule has 1 N–H and O–H groups in total. The zero-order valence-electron chi connectivity index (χ0n) is 24.0. The number of hydrogen-bond acceptors (Lipinski definition) is 6. The summed E-state index contributed by atoms with van der Waals surface area (Å²) < 4.78 is 49.3. The van der Waals surface area contributed by atoms with E-state index in [9.17, 15) is 22.4 Å². The second kappa shape index (κ2) is 11.4.